The van der Waals surface area contributed by atoms with Gasteiger partial charge in [-0.15, -0.1) is 0 Å². The molecule has 0 nitrogen and oxygen atoms in total. The molecule has 0 radical (unpaired) electrons. The molecule has 0 unspecified atom stereocenters. The number of hydrogen-bond acceptors (Lipinski definition) is 0. The average molecular weight is 238 g/mol. The first-order valence-corrected chi connectivity index (χ1v) is 5.91. The fourth-order valence-corrected chi connectivity index (χ4v) is 1.61. The van der Waals surface area contributed by atoms with Crippen LogP contribution in [-0.2, 0) is 0 Å². The Morgan fingerprint density at radius 1 is 0.889 bits per heavy atom. The van der Waals surface area contributed by atoms with E-state index in [0.717, 1.165) is 11.1 Å². The Morgan fingerprint density at radius 2 is 1.56 bits per heavy atom. The second kappa shape index (κ2) is 5.97. The Bertz CT molecular complexity index is 548. The molecule has 2 rings (SSSR count). The van der Waals surface area contributed by atoms with E-state index in [1.54, 1.807) is 6.08 Å². The molecule has 0 atom stereocenters. The molecule has 0 fully saturated rings. The molecule has 0 spiro atoms. The molecule has 0 heterocycles. The predicted octanol–water partition coefficient (Wildman–Crippen LogP) is 5.02. The normalized spacial score (nSPS) is 12.0. The molecule has 18 heavy (non-hydrogen) atoms. The van der Waals surface area contributed by atoms with Crippen LogP contribution in [0.5, 0.6) is 0 Å². The van der Waals surface area contributed by atoms with Crippen LogP contribution < -0.4 is 0 Å². The zero-order chi connectivity index (χ0) is 12.8. The monoisotopic (exact) mass is 238 g/mol. The summed E-state index contributed by atoms with van der Waals surface area (Å²) in [7, 11) is 0. The minimum absolute atomic E-state index is 0.248. The van der Waals surface area contributed by atoms with Crippen molar-refractivity contribution in [1.29, 1.82) is 0 Å². The van der Waals surface area contributed by atoms with Gasteiger partial charge in [-0.05, 0) is 30.2 Å². The maximum absolute atomic E-state index is 13.6. The maximum Gasteiger partial charge on any atom is 0.123 e. The fourth-order valence-electron chi connectivity index (χ4n) is 1.61. The van der Waals surface area contributed by atoms with Crippen molar-refractivity contribution in [2.45, 2.75) is 6.92 Å². The first-order valence-electron chi connectivity index (χ1n) is 5.91. The lowest BCUT2D eigenvalue weighted by molar-refractivity contribution is 0.675. The molecular formula is C17H15F. The molecule has 0 N–H and O–H groups in total. The zero-order valence-corrected chi connectivity index (χ0v) is 10.3. The minimum Gasteiger partial charge on any atom is -0.207 e. The summed E-state index contributed by atoms with van der Waals surface area (Å²) < 4.78 is 13.6. The van der Waals surface area contributed by atoms with E-state index in [4.69, 9.17) is 0 Å². The van der Waals surface area contributed by atoms with Gasteiger partial charge in [0.25, 0.3) is 0 Å². The van der Waals surface area contributed by atoms with Crippen LogP contribution in [0.1, 0.15) is 16.7 Å². The van der Waals surface area contributed by atoms with Crippen LogP contribution in [0.3, 0.4) is 0 Å². The number of rotatable bonds is 3. The van der Waals surface area contributed by atoms with E-state index in [1.807, 2.05) is 61.5 Å². The van der Waals surface area contributed by atoms with Gasteiger partial charge in [0.15, 0.2) is 0 Å². The van der Waals surface area contributed by atoms with Crippen molar-refractivity contribution in [2.75, 3.05) is 0 Å². The van der Waals surface area contributed by atoms with Crippen molar-refractivity contribution < 1.29 is 4.39 Å². The lowest BCUT2D eigenvalue weighted by atomic mass is 10.1. The summed E-state index contributed by atoms with van der Waals surface area (Å²) in [5.41, 5.74) is 3.06. The molecule has 0 aliphatic carbocycles. The van der Waals surface area contributed by atoms with Gasteiger partial charge in [-0.25, -0.2) is 4.39 Å². The molecule has 0 aliphatic rings. The Labute approximate surface area is 107 Å². The van der Waals surface area contributed by atoms with Gasteiger partial charge in [0.1, 0.15) is 5.83 Å². The second-order valence-electron chi connectivity index (χ2n) is 4.18. The Hall–Kier alpha value is -2.15. The van der Waals surface area contributed by atoms with E-state index in [2.05, 4.69) is 0 Å². The summed E-state index contributed by atoms with van der Waals surface area (Å²) >= 11 is 0. The average Bonchev–Trinajstić information content (AvgIpc) is 2.39. The number of aryl methyl sites for hydroxylation is 1. The lowest BCUT2D eigenvalue weighted by Crippen LogP contribution is -1.74. The number of halogens is 1. The maximum atomic E-state index is 13.6. The highest BCUT2D eigenvalue weighted by Gasteiger charge is 1.91. The lowest BCUT2D eigenvalue weighted by Gasteiger charge is -1.95. The third-order valence-electron chi connectivity index (χ3n) is 2.62. The SMILES string of the molecule is Cc1ccc(/C=C/C(F)=C/c2ccccc2)cc1. The van der Waals surface area contributed by atoms with E-state index in [0.29, 0.717) is 0 Å². The third-order valence-corrected chi connectivity index (χ3v) is 2.62. The summed E-state index contributed by atoms with van der Waals surface area (Å²) in [5, 5.41) is 0. The van der Waals surface area contributed by atoms with Gasteiger partial charge < -0.3 is 0 Å². The van der Waals surface area contributed by atoms with Crippen molar-refractivity contribution in [1.82, 2.24) is 0 Å². The molecule has 2 aromatic carbocycles. The molecule has 0 aliphatic heterocycles. The third kappa shape index (κ3) is 3.70. The van der Waals surface area contributed by atoms with E-state index >= 15 is 0 Å². The van der Waals surface area contributed by atoms with Gasteiger partial charge in [0.2, 0.25) is 0 Å². The van der Waals surface area contributed by atoms with Crippen LogP contribution >= 0.6 is 0 Å². The molecule has 0 amide bonds. The Balaban J connectivity index is 2.09. The predicted molar refractivity (Wildman–Crippen MR) is 75.7 cm³/mol. The molecule has 1 heteroatoms. The van der Waals surface area contributed by atoms with Crippen LogP contribution in [0.4, 0.5) is 4.39 Å². The minimum atomic E-state index is -0.248. The summed E-state index contributed by atoms with van der Waals surface area (Å²) in [6, 6.07) is 17.4. The Kier molecular flexibility index (Phi) is 4.08. The van der Waals surface area contributed by atoms with Crippen molar-refractivity contribution in [3.8, 4) is 0 Å². The largest absolute Gasteiger partial charge is 0.207 e. The first kappa shape index (κ1) is 12.3. The van der Waals surface area contributed by atoms with Crippen molar-refractivity contribution >= 4 is 12.2 Å². The fraction of sp³-hybridized carbons (Fsp3) is 0.0588. The summed E-state index contributed by atoms with van der Waals surface area (Å²) in [5.74, 6) is -0.248. The van der Waals surface area contributed by atoms with Gasteiger partial charge in [0.05, 0.1) is 0 Å². The number of allylic oxidation sites excluding steroid dienone is 2. The zero-order valence-electron chi connectivity index (χ0n) is 10.3. The molecular weight excluding hydrogens is 223 g/mol. The van der Waals surface area contributed by atoms with Crippen LogP contribution in [0.25, 0.3) is 12.2 Å². The van der Waals surface area contributed by atoms with E-state index < -0.39 is 0 Å². The quantitative estimate of drug-likeness (QED) is 0.659. The van der Waals surface area contributed by atoms with Gasteiger partial charge in [-0.3, -0.25) is 0 Å². The van der Waals surface area contributed by atoms with Crippen LogP contribution in [0.2, 0.25) is 0 Å². The highest BCUT2D eigenvalue weighted by Crippen LogP contribution is 2.11. The molecule has 0 bridgehead atoms. The second-order valence-corrected chi connectivity index (χ2v) is 4.18. The van der Waals surface area contributed by atoms with E-state index in [9.17, 15) is 4.39 Å². The molecule has 90 valence electrons. The van der Waals surface area contributed by atoms with Gasteiger partial charge in [-0.1, -0.05) is 66.2 Å². The van der Waals surface area contributed by atoms with Crippen LogP contribution in [0, 0.1) is 6.92 Å². The highest BCUT2D eigenvalue weighted by molar-refractivity contribution is 5.59. The topological polar surface area (TPSA) is 0 Å². The van der Waals surface area contributed by atoms with Crippen LogP contribution in [-0.4, -0.2) is 0 Å². The van der Waals surface area contributed by atoms with Crippen molar-refractivity contribution in [3.63, 3.8) is 0 Å². The van der Waals surface area contributed by atoms with Crippen molar-refractivity contribution in [2.24, 2.45) is 0 Å². The van der Waals surface area contributed by atoms with Gasteiger partial charge in [-0.2, -0.15) is 0 Å². The van der Waals surface area contributed by atoms with E-state index in [1.165, 1.54) is 17.7 Å². The first-order chi connectivity index (χ1) is 8.74. The molecule has 0 aromatic heterocycles. The van der Waals surface area contributed by atoms with Crippen molar-refractivity contribution in [3.05, 3.63) is 83.2 Å². The molecule has 0 saturated heterocycles. The molecule has 2 aromatic rings. The summed E-state index contributed by atoms with van der Waals surface area (Å²) in [4.78, 5) is 0. The van der Waals surface area contributed by atoms with Crippen LogP contribution in [0.15, 0.2) is 66.5 Å². The summed E-state index contributed by atoms with van der Waals surface area (Å²) in [6.07, 6.45) is 4.77. The summed E-state index contributed by atoms with van der Waals surface area (Å²) in [6.45, 7) is 2.03. The van der Waals surface area contributed by atoms with Gasteiger partial charge >= 0.3 is 0 Å². The number of benzene rings is 2. The molecule has 0 saturated carbocycles. The van der Waals surface area contributed by atoms with E-state index in [-0.39, 0.29) is 5.83 Å². The standard InChI is InChI=1S/C17H15F/c1-14-7-9-15(10-8-14)11-12-17(18)13-16-5-3-2-4-6-16/h2-13H,1H3/b12-11+,17-13-. The Morgan fingerprint density at radius 3 is 2.22 bits per heavy atom. The smallest absolute Gasteiger partial charge is 0.123 e. The highest BCUT2D eigenvalue weighted by atomic mass is 19.1. The number of hydrogen-bond donors (Lipinski definition) is 0. The van der Waals surface area contributed by atoms with Gasteiger partial charge in [0, 0.05) is 0 Å².